The zero-order valence-electron chi connectivity index (χ0n) is 23.5. The molecule has 3 rings (SSSR count). The van der Waals surface area contributed by atoms with Crippen molar-refractivity contribution in [3.63, 3.8) is 0 Å². The monoisotopic (exact) mass is 537 g/mol. The zero-order chi connectivity index (χ0) is 28.9. The molecule has 212 valence electrons. The maximum Gasteiger partial charge on any atom is 0.241 e. The molecule has 2 aliphatic rings. The van der Waals surface area contributed by atoms with Crippen molar-refractivity contribution >= 4 is 5.91 Å². The van der Waals surface area contributed by atoms with Crippen molar-refractivity contribution in [3.8, 4) is 0 Å². The van der Waals surface area contributed by atoms with Crippen molar-refractivity contribution < 1.29 is 30.0 Å². The van der Waals surface area contributed by atoms with Crippen LogP contribution in [-0.4, -0.2) is 57.4 Å². The normalized spacial score (nSPS) is 30.4. The van der Waals surface area contributed by atoms with Gasteiger partial charge in [-0.3, -0.25) is 4.79 Å². The second-order valence-electron chi connectivity index (χ2n) is 11.3. The Kier molecular flexibility index (Phi) is 10.3. The van der Waals surface area contributed by atoms with Gasteiger partial charge in [-0.1, -0.05) is 79.6 Å². The summed E-state index contributed by atoms with van der Waals surface area (Å²) in [6.07, 6.45) is 7.24. The van der Waals surface area contributed by atoms with E-state index >= 15 is 0 Å². The molecule has 0 radical (unpaired) electrons. The second kappa shape index (κ2) is 13.0. The van der Waals surface area contributed by atoms with Crippen LogP contribution >= 0.6 is 0 Å². The van der Waals surface area contributed by atoms with Gasteiger partial charge in [0.25, 0.3) is 0 Å². The lowest BCUT2D eigenvalue weighted by Gasteiger charge is -2.42. The van der Waals surface area contributed by atoms with E-state index in [4.69, 9.17) is 10.5 Å². The molecular weight excluding hydrogens is 494 g/mol. The van der Waals surface area contributed by atoms with E-state index in [1.165, 1.54) is 17.2 Å². The summed E-state index contributed by atoms with van der Waals surface area (Å²) in [7, 11) is 0. The number of allylic oxidation sites excluding steroid dienone is 9. The molecule has 0 saturated carbocycles. The third-order valence-electron chi connectivity index (χ3n) is 7.91. The van der Waals surface area contributed by atoms with Gasteiger partial charge >= 0.3 is 0 Å². The Morgan fingerprint density at radius 3 is 2.36 bits per heavy atom. The first-order valence-electron chi connectivity index (χ1n) is 13.5. The Balaban J connectivity index is 1.95. The third kappa shape index (κ3) is 7.24. The molecule has 1 fully saturated rings. The molecule has 1 heterocycles. The highest BCUT2D eigenvalue weighted by Crippen LogP contribution is 2.49. The van der Waals surface area contributed by atoms with Crippen molar-refractivity contribution in [3.05, 3.63) is 94.1 Å². The minimum Gasteiger partial charge on any atom is -0.394 e. The molecule has 1 saturated heterocycles. The molecule has 0 spiro atoms. The second-order valence-corrected chi connectivity index (χ2v) is 11.3. The highest BCUT2D eigenvalue weighted by atomic mass is 16.5. The fraction of sp³-hybridized carbons (Fsp3) is 0.469. The molecule has 1 unspecified atom stereocenters. The Bertz CT molecular complexity index is 1190. The van der Waals surface area contributed by atoms with E-state index in [9.17, 15) is 25.2 Å². The van der Waals surface area contributed by atoms with E-state index in [0.29, 0.717) is 0 Å². The number of hydrogen-bond acceptors (Lipinski definition) is 6. The zero-order valence-corrected chi connectivity index (χ0v) is 23.5. The SMILES string of the molecule is CC(C=CC1=C(C)C(c2ccccc2[C@@H]2O[C@H](CO)[C@H](O)[C@H](O)[C@H]2O)CCC1(C)C)=CC=CC(C)=CC(N)=O. The average Bonchev–Trinajstić information content (AvgIpc) is 2.87. The largest absolute Gasteiger partial charge is 0.394 e. The van der Waals surface area contributed by atoms with Gasteiger partial charge < -0.3 is 30.9 Å². The fourth-order valence-corrected chi connectivity index (χ4v) is 5.66. The molecule has 1 aromatic carbocycles. The van der Waals surface area contributed by atoms with Gasteiger partial charge in [0.1, 0.15) is 30.5 Å². The lowest BCUT2D eigenvalue weighted by molar-refractivity contribution is -0.231. The highest BCUT2D eigenvalue weighted by Gasteiger charge is 2.45. The van der Waals surface area contributed by atoms with Crippen molar-refractivity contribution in [2.24, 2.45) is 11.1 Å². The predicted octanol–water partition coefficient (Wildman–Crippen LogP) is 3.91. The average molecular weight is 538 g/mol. The first kappa shape index (κ1) is 30.7. The van der Waals surface area contributed by atoms with Crippen LogP contribution in [0.15, 0.2) is 83.0 Å². The number of amides is 1. The van der Waals surface area contributed by atoms with E-state index in [-0.39, 0.29) is 11.3 Å². The Morgan fingerprint density at radius 2 is 1.72 bits per heavy atom. The molecule has 1 aromatic rings. The topological polar surface area (TPSA) is 133 Å². The van der Waals surface area contributed by atoms with Gasteiger partial charge in [-0.15, -0.1) is 0 Å². The van der Waals surface area contributed by atoms with E-state index in [0.717, 1.165) is 35.1 Å². The molecule has 0 bridgehead atoms. The number of hydrogen-bond donors (Lipinski definition) is 5. The minimum atomic E-state index is -1.42. The molecule has 7 nitrogen and oxygen atoms in total. The van der Waals surface area contributed by atoms with Crippen LogP contribution in [0.3, 0.4) is 0 Å². The van der Waals surface area contributed by atoms with Crippen molar-refractivity contribution in [1.29, 1.82) is 0 Å². The summed E-state index contributed by atoms with van der Waals surface area (Å²) in [4.78, 5) is 11.0. The van der Waals surface area contributed by atoms with Gasteiger partial charge in [-0.2, -0.15) is 0 Å². The van der Waals surface area contributed by atoms with Crippen molar-refractivity contribution in [2.45, 2.75) is 83.9 Å². The third-order valence-corrected chi connectivity index (χ3v) is 7.91. The molecule has 39 heavy (non-hydrogen) atoms. The summed E-state index contributed by atoms with van der Waals surface area (Å²) in [5, 5.41) is 41.1. The van der Waals surface area contributed by atoms with Gasteiger partial charge in [-0.05, 0) is 61.3 Å². The van der Waals surface area contributed by atoms with Crippen molar-refractivity contribution in [2.75, 3.05) is 6.61 Å². The fourth-order valence-electron chi connectivity index (χ4n) is 5.66. The molecule has 1 aliphatic heterocycles. The highest BCUT2D eigenvalue weighted by molar-refractivity contribution is 5.86. The lowest BCUT2D eigenvalue weighted by atomic mass is 9.66. The van der Waals surface area contributed by atoms with Gasteiger partial charge in [0.05, 0.1) is 6.61 Å². The van der Waals surface area contributed by atoms with Crippen LogP contribution in [0, 0.1) is 5.41 Å². The molecule has 1 aliphatic carbocycles. The van der Waals surface area contributed by atoms with Crippen LogP contribution in [0.4, 0.5) is 0 Å². The van der Waals surface area contributed by atoms with E-state index in [1.54, 1.807) is 0 Å². The minimum absolute atomic E-state index is 0.0356. The van der Waals surface area contributed by atoms with Crippen LogP contribution in [-0.2, 0) is 9.53 Å². The van der Waals surface area contributed by atoms with Crippen LogP contribution < -0.4 is 5.73 Å². The number of benzene rings is 1. The number of ether oxygens (including phenoxy) is 1. The summed E-state index contributed by atoms with van der Waals surface area (Å²) in [5.74, 6) is -0.394. The van der Waals surface area contributed by atoms with Crippen LogP contribution in [0.1, 0.15) is 70.6 Å². The molecule has 6 atom stereocenters. The number of aliphatic hydroxyl groups is 4. The number of rotatable bonds is 8. The van der Waals surface area contributed by atoms with Gasteiger partial charge in [0, 0.05) is 12.0 Å². The van der Waals surface area contributed by atoms with Crippen LogP contribution in [0.25, 0.3) is 0 Å². The number of carbonyl (C=O) groups is 1. The van der Waals surface area contributed by atoms with Crippen molar-refractivity contribution in [1.82, 2.24) is 0 Å². The smallest absolute Gasteiger partial charge is 0.241 e. The first-order valence-corrected chi connectivity index (χ1v) is 13.5. The maximum absolute atomic E-state index is 11.0. The summed E-state index contributed by atoms with van der Waals surface area (Å²) in [5.41, 5.74) is 11.2. The standard InChI is InChI=1S/C32H43NO6/c1-19(9-8-10-20(2)17-27(33)35)13-14-25-21(3)22(15-16-32(25,4)5)23-11-6-7-12-24(23)31-30(38)29(37)28(36)26(18-34)39-31/h6-14,17,22,26,28-31,34,36-38H,15-16,18H2,1-5H3,(H2,33,35)/t22?,26-,28+,29+,30-,31+/m1/s1. The molecule has 7 heteroatoms. The van der Waals surface area contributed by atoms with E-state index < -0.39 is 43.0 Å². The van der Waals surface area contributed by atoms with Gasteiger partial charge in [0.15, 0.2) is 0 Å². The number of primary amides is 1. The Hall–Kier alpha value is -2.81. The predicted molar refractivity (Wildman–Crippen MR) is 153 cm³/mol. The van der Waals surface area contributed by atoms with Gasteiger partial charge in [-0.25, -0.2) is 0 Å². The Labute approximate surface area is 231 Å². The number of carbonyl (C=O) groups excluding carboxylic acids is 1. The summed E-state index contributed by atoms with van der Waals surface area (Å²) < 4.78 is 5.92. The Morgan fingerprint density at radius 1 is 1.05 bits per heavy atom. The maximum atomic E-state index is 11.0. The summed E-state index contributed by atoms with van der Waals surface area (Å²) in [6.45, 7) is 10.0. The molecule has 6 N–H and O–H groups in total. The first-order chi connectivity index (χ1) is 18.4. The van der Waals surface area contributed by atoms with Gasteiger partial charge in [0.2, 0.25) is 5.91 Å². The van der Waals surface area contributed by atoms with E-state index in [2.05, 4.69) is 32.9 Å². The number of nitrogens with two attached hydrogens (primary N) is 1. The van der Waals surface area contributed by atoms with Crippen LogP contribution in [0.5, 0.6) is 0 Å². The molecular formula is C32H43NO6. The summed E-state index contributed by atoms with van der Waals surface area (Å²) in [6, 6.07) is 7.75. The quantitative estimate of drug-likeness (QED) is 0.252. The van der Waals surface area contributed by atoms with Crippen LogP contribution in [0.2, 0.25) is 0 Å². The summed E-state index contributed by atoms with van der Waals surface area (Å²) >= 11 is 0. The molecule has 1 amide bonds. The molecule has 0 aromatic heterocycles. The van der Waals surface area contributed by atoms with E-state index in [1.807, 2.05) is 56.3 Å². The lowest BCUT2D eigenvalue weighted by Crippen LogP contribution is -2.55. The number of aliphatic hydroxyl groups excluding tert-OH is 4.